The van der Waals surface area contributed by atoms with Gasteiger partial charge in [-0.25, -0.2) is 4.79 Å². The summed E-state index contributed by atoms with van der Waals surface area (Å²) in [4.78, 5) is 25.0. The van der Waals surface area contributed by atoms with E-state index in [9.17, 15) is 14.7 Å². The molecule has 7 nitrogen and oxygen atoms in total. The third-order valence-corrected chi connectivity index (χ3v) is 7.46. The first kappa shape index (κ1) is 20.0. The van der Waals surface area contributed by atoms with E-state index in [-0.39, 0.29) is 5.56 Å². The van der Waals surface area contributed by atoms with Gasteiger partial charge in [0.15, 0.2) is 0 Å². The minimum absolute atomic E-state index is 0.294. The molecule has 2 aromatic heterocycles. The zero-order valence-electron chi connectivity index (χ0n) is 16.4. The van der Waals surface area contributed by atoms with E-state index in [1.54, 1.807) is 17.9 Å². The molecule has 1 aliphatic rings. The Balaban J connectivity index is 1.78. The second-order valence-corrected chi connectivity index (χ2v) is 9.21. The normalized spacial score (nSPS) is 15.4. The first-order valence-corrected chi connectivity index (χ1v) is 11.4. The molecule has 0 bridgehead atoms. The van der Waals surface area contributed by atoms with Crippen LogP contribution in [0.5, 0.6) is 0 Å². The lowest BCUT2D eigenvalue weighted by atomic mass is 9.95. The van der Waals surface area contributed by atoms with Gasteiger partial charge in [-0.1, -0.05) is 47.7 Å². The van der Waals surface area contributed by atoms with Crippen LogP contribution >= 0.6 is 27.7 Å². The van der Waals surface area contributed by atoms with E-state index in [4.69, 9.17) is 0 Å². The van der Waals surface area contributed by atoms with Crippen molar-refractivity contribution in [3.05, 3.63) is 74.6 Å². The van der Waals surface area contributed by atoms with E-state index >= 15 is 0 Å². The highest BCUT2D eigenvalue weighted by molar-refractivity contribution is 9.10. The van der Waals surface area contributed by atoms with Crippen molar-refractivity contribution in [2.45, 2.75) is 17.5 Å². The van der Waals surface area contributed by atoms with Crippen LogP contribution in [0.2, 0.25) is 0 Å². The van der Waals surface area contributed by atoms with Gasteiger partial charge in [-0.05, 0) is 37.8 Å². The highest BCUT2D eigenvalue weighted by atomic mass is 79.9. The van der Waals surface area contributed by atoms with E-state index in [2.05, 4.69) is 44.4 Å². The minimum Gasteiger partial charge on any atom is -0.480 e. The van der Waals surface area contributed by atoms with Crippen molar-refractivity contribution >= 4 is 44.4 Å². The lowest BCUT2D eigenvalue weighted by Crippen LogP contribution is -2.30. The van der Waals surface area contributed by atoms with Gasteiger partial charge >= 0.3 is 5.97 Å². The predicted octanol–water partition coefficient (Wildman–Crippen LogP) is 3.88. The van der Waals surface area contributed by atoms with Crippen molar-refractivity contribution < 1.29 is 9.90 Å². The maximum atomic E-state index is 13.2. The number of pyridine rings is 1. The van der Waals surface area contributed by atoms with E-state index in [1.807, 2.05) is 24.3 Å². The molecule has 2 aromatic carbocycles. The summed E-state index contributed by atoms with van der Waals surface area (Å²) in [7, 11) is 1.78. The van der Waals surface area contributed by atoms with Crippen LogP contribution in [0.4, 0.5) is 0 Å². The average molecular weight is 497 g/mol. The number of hydrogen-bond donors (Lipinski definition) is 1. The van der Waals surface area contributed by atoms with Crippen molar-refractivity contribution in [1.29, 1.82) is 0 Å². The number of halogens is 1. The van der Waals surface area contributed by atoms with Crippen LogP contribution in [-0.4, -0.2) is 36.4 Å². The fourth-order valence-electron chi connectivity index (χ4n) is 4.05. The fraction of sp³-hybridized carbons (Fsp3) is 0.182. The topological polar surface area (TPSA) is 90.0 Å². The molecule has 1 aliphatic heterocycles. The van der Waals surface area contributed by atoms with Gasteiger partial charge in [0, 0.05) is 24.8 Å². The van der Waals surface area contributed by atoms with Crippen molar-refractivity contribution in [2.75, 3.05) is 5.75 Å². The van der Waals surface area contributed by atoms with Gasteiger partial charge in [-0.15, -0.1) is 16.9 Å². The fourth-order valence-corrected chi connectivity index (χ4v) is 5.91. The number of thioether (sulfide) groups is 1. The third-order valence-electron chi connectivity index (χ3n) is 5.49. The molecular weight excluding hydrogens is 480 g/mol. The smallest absolute Gasteiger partial charge is 0.327 e. The van der Waals surface area contributed by atoms with E-state index in [1.165, 1.54) is 16.3 Å². The SMILES string of the molecule is Cn1cc(-c2c(Cc3cccc4ccccc34)c(Br)c(=O)n3c2SC[C@H]3C(=O)O)nn1. The largest absolute Gasteiger partial charge is 0.480 e. The average Bonchev–Trinajstić information content (AvgIpc) is 3.39. The molecule has 0 saturated heterocycles. The summed E-state index contributed by atoms with van der Waals surface area (Å²) in [5.41, 5.74) is 2.88. The number of carboxylic acid groups (broad SMARTS) is 1. The molecule has 4 aromatic rings. The van der Waals surface area contributed by atoms with Gasteiger partial charge in [0.25, 0.3) is 5.56 Å². The Morgan fingerprint density at radius 3 is 2.77 bits per heavy atom. The number of hydrogen-bond acceptors (Lipinski definition) is 5. The maximum Gasteiger partial charge on any atom is 0.327 e. The molecule has 0 fully saturated rings. The van der Waals surface area contributed by atoms with Crippen LogP contribution in [0.15, 0.2) is 63.0 Å². The van der Waals surface area contributed by atoms with Crippen molar-refractivity contribution in [3.63, 3.8) is 0 Å². The van der Waals surface area contributed by atoms with Crippen molar-refractivity contribution in [3.8, 4) is 11.3 Å². The van der Waals surface area contributed by atoms with Crippen LogP contribution < -0.4 is 5.56 Å². The van der Waals surface area contributed by atoms with E-state index in [0.717, 1.165) is 27.5 Å². The standard InChI is InChI=1S/C22H17BrN4O3S/c1-26-10-16(24-25-26)18-15(9-13-7-4-6-12-5-2-3-8-14(12)13)19(23)20(28)27-17(22(29)30)11-31-21(18)27/h2-8,10,17H,9,11H2,1H3,(H,29,30)/t17-/m0/s1. The first-order valence-electron chi connectivity index (χ1n) is 9.61. The van der Waals surface area contributed by atoms with Gasteiger partial charge in [-0.3, -0.25) is 14.0 Å². The molecule has 0 radical (unpaired) electrons. The van der Waals surface area contributed by atoms with Gasteiger partial charge in [0.2, 0.25) is 0 Å². The van der Waals surface area contributed by atoms with Crippen molar-refractivity contribution in [1.82, 2.24) is 19.6 Å². The third kappa shape index (κ3) is 3.28. The summed E-state index contributed by atoms with van der Waals surface area (Å²) in [6, 6.07) is 13.3. The molecule has 9 heteroatoms. The number of nitrogens with zero attached hydrogens (tertiary/aromatic N) is 4. The molecule has 0 saturated carbocycles. The summed E-state index contributed by atoms with van der Waals surface area (Å²) >= 11 is 4.87. The molecule has 1 atom stereocenters. The van der Waals surface area contributed by atoms with Crippen molar-refractivity contribution in [2.24, 2.45) is 7.05 Å². The number of rotatable bonds is 4. The number of carbonyl (C=O) groups is 1. The first-order chi connectivity index (χ1) is 15.0. The van der Waals surface area contributed by atoms with Gasteiger partial charge in [0.1, 0.15) is 11.7 Å². The Kier molecular flexibility index (Phi) is 4.94. The van der Waals surface area contributed by atoms with Crippen LogP contribution in [0, 0.1) is 0 Å². The Morgan fingerprint density at radius 2 is 2.03 bits per heavy atom. The second kappa shape index (κ2) is 7.65. The lowest BCUT2D eigenvalue weighted by molar-refractivity contribution is -0.140. The Morgan fingerprint density at radius 1 is 1.26 bits per heavy atom. The van der Waals surface area contributed by atoms with E-state index in [0.29, 0.717) is 27.4 Å². The number of fused-ring (bicyclic) bond motifs is 2. The molecule has 0 spiro atoms. The van der Waals surface area contributed by atoms with E-state index < -0.39 is 12.0 Å². The van der Waals surface area contributed by atoms with Gasteiger partial charge in [0.05, 0.1) is 15.7 Å². The summed E-state index contributed by atoms with van der Waals surface area (Å²) in [6.45, 7) is 0. The number of benzene rings is 2. The van der Waals surface area contributed by atoms with Crippen LogP contribution in [0.1, 0.15) is 17.2 Å². The molecule has 0 amide bonds. The second-order valence-electron chi connectivity index (χ2n) is 7.41. The molecule has 0 unspecified atom stereocenters. The summed E-state index contributed by atoms with van der Waals surface area (Å²) in [5, 5.41) is 20.8. The summed E-state index contributed by atoms with van der Waals surface area (Å²) in [5.74, 6) is -0.728. The number of carboxylic acids is 1. The molecule has 31 heavy (non-hydrogen) atoms. The monoisotopic (exact) mass is 496 g/mol. The number of aliphatic carboxylic acids is 1. The molecule has 3 heterocycles. The molecule has 1 N–H and O–H groups in total. The quantitative estimate of drug-likeness (QED) is 0.461. The zero-order valence-corrected chi connectivity index (χ0v) is 18.9. The van der Waals surface area contributed by atoms with Crippen LogP contribution in [0.3, 0.4) is 0 Å². The van der Waals surface area contributed by atoms with Crippen LogP contribution in [0.25, 0.3) is 22.0 Å². The number of aryl methyl sites for hydroxylation is 1. The molecule has 156 valence electrons. The van der Waals surface area contributed by atoms with Gasteiger partial charge in [-0.2, -0.15) is 0 Å². The molecule has 0 aliphatic carbocycles. The minimum atomic E-state index is -1.02. The maximum absolute atomic E-state index is 13.2. The molecule has 5 rings (SSSR count). The highest BCUT2D eigenvalue weighted by Gasteiger charge is 2.35. The Hall–Kier alpha value is -2.91. The molecular formula is C22H17BrN4O3S. The highest BCUT2D eigenvalue weighted by Crippen LogP contribution is 2.43. The lowest BCUT2D eigenvalue weighted by Gasteiger charge is -2.18. The summed E-state index contributed by atoms with van der Waals surface area (Å²) in [6.07, 6.45) is 2.28. The zero-order chi connectivity index (χ0) is 21.7. The predicted molar refractivity (Wildman–Crippen MR) is 123 cm³/mol. The van der Waals surface area contributed by atoms with Gasteiger partial charge < -0.3 is 5.11 Å². The van der Waals surface area contributed by atoms with Crippen LogP contribution in [-0.2, 0) is 18.3 Å². The summed E-state index contributed by atoms with van der Waals surface area (Å²) < 4.78 is 3.33. The number of aromatic nitrogens is 4. The Labute approximate surface area is 189 Å². The Bertz CT molecular complexity index is 1410.